The van der Waals surface area contributed by atoms with Gasteiger partial charge < -0.3 is 14.2 Å². The molecule has 0 amide bonds. The lowest BCUT2D eigenvalue weighted by atomic mass is 10.1. The summed E-state index contributed by atoms with van der Waals surface area (Å²) in [7, 11) is 1.59. The molecule has 0 spiro atoms. The average Bonchev–Trinajstić information content (AvgIpc) is 2.28. The lowest BCUT2D eigenvalue weighted by Gasteiger charge is -2.19. The molecule has 0 unspecified atom stereocenters. The van der Waals surface area contributed by atoms with Crippen molar-refractivity contribution < 1.29 is 19.0 Å². The number of hydrogen-bond acceptors (Lipinski definition) is 4. The Hall–Kier alpha value is -1.55. The van der Waals surface area contributed by atoms with E-state index in [2.05, 4.69) is 0 Å². The van der Waals surface area contributed by atoms with E-state index in [-0.39, 0.29) is 0 Å². The second kappa shape index (κ2) is 4.31. The fourth-order valence-corrected chi connectivity index (χ4v) is 1.54. The third-order valence-corrected chi connectivity index (χ3v) is 2.23. The molecule has 4 heteroatoms. The molecule has 1 aliphatic heterocycles. The van der Waals surface area contributed by atoms with Gasteiger partial charge in [-0.3, -0.25) is 4.79 Å². The summed E-state index contributed by atoms with van der Waals surface area (Å²) in [6, 6.07) is 3.48. The standard InChI is InChI=1S/C11H12O4/c1-13-7-9-5-11-10(4-8(9)6-12)14-2-3-15-11/h4-6H,2-3,7H2,1H3. The van der Waals surface area contributed by atoms with Crippen LogP contribution in [0.15, 0.2) is 12.1 Å². The number of aldehydes is 1. The number of ether oxygens (including phenoxy) is 3. The molecular formula is C11H12O4. The Morgan fingerprint density at radius 3 is 2.60 bits per heavy atom. The third-order valence-electron chi connectivity index (χ3n) is 2.23. The molecule has 1 aliphatic rings. The van der Waals surface area contributed by atoms with Crippen LogP contribution in [0.3, 0.4) is 0 Å². The maximum atomic E-state index is 10.8. The molecule has 1 aromatic carbocycles. The Labute approximate surface area is 87.8 Å². The van der Waals surface area contributed by atoms with Crippen LogP contribution in [-0.4, -0.2) is 26.6 Å². The molecule has 0 fully saturated rings. The minimum atomic E-state index is 0.394. The van der Waals surface area contributed by atoms with Crippen molar-refractivity contribution >= 4 is 6.29 Å². The summed E-state index contributed by atoms with van der Waals surface area (Å²) in [6.45, 7) is 1.46. The van der Waals surface area contributed by atoms with Crippen molar-refractivity contribution in [1.29, 1.82) is 0 Å². The normalized spacial score (nSPS) is 13.7. The van der Waals surface area contributed by atoms with Crippen LogP contribution in [0.5, 0.6) is 11.5 Å². The van der Waals surface area contributed by atoms with Crippen molar-refractivity contribution in [3.63, 3.8) is 0 Å². The summed E-state index contributed by atoms with van der Waals surface area (Å²) in [4.78, 5) is 10.8. The van der Waals surface area contributed by atoms with Gasteiger partial charge in [0, 0.05) is 12.7 Å². The first-order valence-electron chi connectivity index (χ1n) is 4.72. The van der Waals surface area contributed by atoms with Gasteiger partial charge >= 0.3 is 0 Å². The topological polar surface area (TPSA) is 44.8 Å². The van der Waals surface area contributed by atoms with Gasteiger partial charge in [0.25, 0.3) is 0 Å². The zero-order valence-electron chi connectivity index (χ0n) is 8.49. The van der Waals surface area contributed by atoms with Crippen LogP contribution in [0.25, 0.3) is 0 Å². The number of hydrogen-bond donors (Lipinski definition) is 0. The average molecular weight is 208 g/mol. The highest BCUT2D eigenvalue weighted by Gasteiger charge is 2.15. The summed E-state index contributed by atoms with van der Waals surface area (Å²) in [6.07, 6.45) is 0.798. The van der Waals surface area contributed by atoms with Crippen LogP contribution >= 0.6 is 0 Å². The van der Waals surface area contributed by atoms with Gasteiger partial charge in [-0.05, 0) is 17.7 Å². The van der Waals surface area contributed by atoms with Crippen LogP contribution in [-0.2, 0) is 11.3 Å². The van der Waals surface area contributed by atoms with E-state index in [4.69, 9.17) is 14.2 Å². The zero-order valence-corrected chi connectivity index (χ0v) is 8.49. The molecule has 0 saturated heterocycles. The predicted molar refractivity (Wildman–Crippen MR) is 53.5 cm³/mol. The van der Waals surface area contributed by atoms with Crippen LogP contribution in [0.1, 0.15) is 15.9 Å². The molecule has 0 saturated carbocycles. The molecular weight excluding hydrogens is 196 g/mol. The van der Waals surface area contributed by atoms with E-state index in [9.17, 15) is 4.79 Å². The van der Waals surface area contributed by atoms with E-state index < -0.39 is 0 Å². The Morgan fingerprint density at radius 2 is 2.00 bits per heavy atom. The maximum absolute atomic E-state index is 10.8. The molecule has 0 radical (unpaired) electrons. The second-order valence-corrected chi connectivity index (χ2v) is 3.25. The number of rotatable bonds is 3. The summed E-state index contributed by atoms with van der Waals surface area (Å²) in [5.74, 6) is 1.31. The summed E-state index contributed by atoms with van der Waals surface area (Å²) < 4.78 is 15.8. The predicted octanol–water partition coefficient (Wildman–Crippen LogP) is 1.42. The van der Waals surface area contributed by atoms with E-state index in [1.165, 1.54) is 0 Å². The lowest BCUT2D eigenvalue weighted by molar-refractivity contribution is 0.111. The Balaban J connectivity index is 2.41. The van der Waals surface area contributed by atoms with E-state index in [1.807, 2.05) is 0 Å². The van der Waals surface area contributed by atoms with Crippen LogP contribution < -0.4 is 9.47 Å². The molecule has 4 nitrogen and oxygen atoms in total. The fourth-order valence-electron chi connectivity index (χ4n) is 1.54. The number of carbonyl (C=O) groups excluding carboxylic acids is 1. The van der Waals surface area contributed by atoms with Crippen LogP contribution in [0, 0.1) is 0 Å². The highest BCUT2D eigenvalue weighted by molar-refractivity contribution is 5.79. The van der Waals surface area contributed by atoms with Gasteiger partial charge in [0.2, 0.25) is 0 Å². The van der Waals surface area contributed by atoms with Crippen molar-refractivity contribution in [2.45, 2.75) is 6.61 Å². The van der Waals surface area contributed by atoms with Gasteiger partial charge in [-0.1, -0.05) is 0 Å². The first-order chi connectivity index (χ1) is 7.35. The summed E-state index contributed by atoms with van der Waals surface area (Å²) in [5.41, 5.74) is 1.40. The highest BCUT2D eigenvalue weighted by atomic mass is 16.6. The van der Waals surface area contributed by atoms with Gasteiger partial charge in [0.1, 0.15) is 13.2 Å². The largest absolute Gasteiger partial charge is 0.486 e. The van der Waals surface area contributed by atoms with Gasteiger partial charge in [-0.25, -0.2) is 0 Å². The monoisotopic (exact) mass is 208 g/mol. The van der Waals surface area contributed by atoms with Crippen molar-refractivity contribution in [3.8, 4) is 11.5 Å². The first-order valence-corrected chi connectivity index (χ1v) is 4.72. The van der Waals surface area contributed by atoms with Crippen molar-refractivity contribution in [2.24, 2.45) is 0 Å². The quantitative estimate of drug-likeness (QED) is 0.704. The molecule has 80 valence electrons. The molecule has 1 heterocycles. The maximum Gasteiger partial charge on any atom is 0.162 e. The smallest absolute Gasteiger partial charge is 0.162 e. The van der Waals surface area contributed by atoms with E-state index in [1.54, 1.807) is 19.2 Å². The molecule has 1 aromatic rings. The molecule has 0 aromatic heterocycles. The third kappa shape index (κ3) is 1.94. The molecule has 15 heavy (non-hydrogen) atoms. The number of carbonyl (C=O) groups is 1. The second-order valence-electron chi connectivity index (χ2n) is 3.25. The first kappa shape index (κ1) is 9.98. The number of methoxy groups -OCH3 is 1. The van der Waals surface area contributed by atoms with Crippen LogP contribution in [0.4, 0.5) is 0 Å². The zero-order chi connectivity index (χ0) is 10.7. The summed E-state index contributed by atoms with van der Waals surface area (Å²) >= 11 is 0. The van der Waals surface area contributed by atoms with E-state index >= 15 is 0 Å². The fraction of sp³-hybridized carbons (Fsp3) is 0.364. The van der Waals surface area contributed by atoms with Crippen LogP contribution in [0.2, 0.25) is 0 Å². The number of fused-ring (bicyclic) bond motifs is 1. The minimum Gasteiger partial charge on any atom is -0.486 e. The molecule has 0 N–H and O–H groups in total. The molecule has 0 aliphatic carbocycles. The van der Waals surface area contributed by atoms with Gasteiger partial charge in [0.05, 0.1) is 6.61 Å². The minimum absolute atomic E-state index is 0.394. The SMILES string of the molecule is COCc1cc2c(cc1C=O)OCCO2. The Kier molecular flexibility index (Phi) is 2.87. The lowest BCUT2D eigenvalue weighted by Crippen LogP contribution is -2.16. The number of benzene rings is 1. The van der Waals surface area contributed by atoms with Crippen molar-refractivity contribution in [2.75, 3.05) is 20.3 Å². The molecule has 2 rings (SSSR count). The van der Waals surface area contributed by atoms with Crippen molar-refractivity contribution in [3.05, 3.63) is 23.3 Å². The molecule has 0 atom stereocenters. The van der Waals surface area contributed by atoms with Crippen molar-refractivity contribution in [1.82, 2.24) is 0 Å². The highest BCUT2D eigenvalue weighted by Crippen LogP contribution is 2.32. The van der Waals surface area contributed by atoms with Gasteiger partial charge in [0.15, 0.2) is 17.8 Å². The Morgan fingerprint density at radius 1 is 1.33 bits per heavy atom. The molecule has 0 bridgehead atoms. The summed E-state index contributed by atoms with van der Waals surface area (Å²) in [5, 5.41) is 0. The van der Waals surface area contributed by atoms with Gasteiger partial charge in [-0.15, -0.1) is 0 Å². The van der Waals surface area contributed by atoms with E-state index in [0.29, 0.717) is 36.9 Å². The van der Waals surface area contributed by atoms with Gasteiger partial charge in [-0.2, -0.15) is 0 Å². The Bertz CT molecular complexity index is 373. The van der Waals surface area contributed by atoms with E-state index in [0.717, 1.165) is 11.8 Å².